The van der Waals surface area contributed by atoms with Crippen LogP contribution in [0.3, 0.4) is 0 Å². The molecule has 11 nitrogen and oxygen atoms in total. The maximum Gasteiger partial charge on any atom is 0.314 e. The zero-order chi connectivity index (χ0) is 20.8. The van der Waals surface area contributed by atoms with Crippen molar-refractivity contribution >= 4 is 23.5 Å². The topological polar surface area (TPSA) is 135 Å². The Balaban J connectivity index is 1.56. The van der Waals surface area contributed by atoms with Crippen LogP contribution in [-0.4, -0.2) is 49.6 Å². The van der Waals surface area contributed by atoms with Crippen molar-refractivity contribution in [2.45, 2.75) is 52.0 Å². The molecule has 0 radical (unpaired) electrons. The summed E-state index contributed by atoms with van der Waals surface area (Å²) in [5.41, 5.74) is 0.649. The van der Waals surface area contributed by atoms with Crippen molar-refractivity contribution in [2.75, 3.05) is 11.9 Å². The van der Waals surface area contributed by atoms with E-state index in [0.29, 0.717) is 37.4 Å². The number of aryl methyl sites for hydroxylation is 2. The molecule has 1 aliphatic rings. The number of hydrogen-bond acceptors (Lipinski definition) is 6. The Labute approximate surface area is 168 Å². The molecule has 1 aliphatic heterocycles. The highest BCUT2D eigenvalue weighted by molar-refractivity contribution is 6.39. The van der Waals surface area contributed by atoms with Gasteiger partial charge in [-0.15, -0.1) is 0 Å². The first-order chi connectivity index (χ1) is 14.0. The van der Waals surface area contributed by atoms with Gasteiger partial charge in [0.05, 0.1) is 12.0 Å². The Morgan fingerprint density at radius 3 is 2.90 bits per heavy atom. The molecule has 2 atom stereocenters. The smallest absolute Gasteiger partial charge is 0.314 e. The fourth-order valence-corrected chi connectivity index (χ4v) is 3.10. The number of nitrogens with one attached hydrogen (secondary N) is 4. The van der Waals surface area contributed by atoms with Gasteiger partial charge in [0.25, 0.3) is 0 Å². The minimum atomic E-state index is -0.789. The third-order valence-corrected chi connectivity index (χ3v) is 4.60. The summed E-state index contributed by atoms with van der Waals surface area (Å²) in [6.07, 6.45) is 6.46. The fraction of sp³-hybridized carbons (Fsp3) is 0.500. The van der Waals surface area contributed by atoms with Gasteiger partial charge in [-0.05, 0) is 19.8 Å². The van der Waals surface area contributed by atoms with E-state index in [9.17, 15) is 14.4 Å². The number of amides is 3. The molecule has 3 amide bonds. The van der Waals surface area contributed by atoms with E-state index in [1.54, 1.807) is 25.5 Å². The van der Waals surface area contributed by atoms with Crippen LogP contribution in [0, 0.1) is 6.92 Å². The van der Waals surface area contributed by atoms with Gasteiger partial charge in [-0.3, -0.25) is 19.7 Å². The minimum absolute atomic E-state index is 0.0144. The zero-order valence-electron chi connectivity index (χ0n) is 16.5. The fourth-order valence-electron chi connectivity index (χ4n) is 3.10. The number of hydrogen-bond donors (Lipinski definition) is 4. The lowest BCUT2D eigenvalue weighted by molar-refractivity contribution is -0.136. The summed E-state index contributed by atoms with van der Waals surface area (Å²) in [4.78, 5) is 40.3. The maximum atomic E-state index is 12.3. The standard InChI is InChI=1S/C18H26N8O3/c1-3-13-10-15(27)23-18(21-13)26-14(9-12(2)24-26)22-17(29)16(28)20-5-4-7-25-8-6-19-11-25/h6,8-9,11,13,18,21H,3-5,7,10H2,1-2H3,(H,20,28)(H,22,29)(H,23,27). The molecule has 1 saturated heterocycles. The van der Waals surface area contributed by atoms with Gasteiger partial charge in [0.1, 0.15) is 5.82 Å². The van der Waals surface area contributed by atoms with Crippen molar-refractivity contribution in [1.82, 2.24) is 35.3 Å². The van der Waals surface area contributed by atoms with Crippen LogP contribution in [0.4, 0.5) is 5.82 Å². The first-order valence-corrected chi connectivity index (χ1v) is 9.62. The predicted octanol–water partition coefficient (Wildman–Crippen LogP) is -0.123. The van der Waals surface area contributed by atoms with Crippen molar-refractivity contribution in [3.05, 3.63) is 30.5 Å². The molecule has 4 N–H and O–H groups in total. The van der Waals surface area contributed by atoms with Crippen LogP contribution in [0.5, 0.6) is 0 Å². The van der Waals surface area contributed by atoms with E-state index < -0.39 is 18.1 Å². The lowest BCUT2D eigenvalue weighted by Gasteiger charge is -2.31. The monoisotopic (exact) mass is 402 g/mol. The molecular weight excluding hydrogens is 376 g/mol. The third kappa shape index (κ3) is 5.41. The van der Waals surface area contributed by atoms with Crippen LogP contribution < -0.4 is 21.3 Å². The van der Waals surface area contributed by atoms with E-state index in [0.717, 1.165) is 6.42 Å². The third-order valence-electron chi connectivity index (χ3n) is 4.60. The highest BCUT2D eigenvalue weighted by Gasteiger charge is 2.28. The molecular formula is C18H26N8O3. The molecule has 3 heterocycles. The molecule has 2 aromatic heterocycles. The van der Waals surface area contributed by atoms with Crippen molar-refractivity contribution in [3.8, 4) is 0 Å². The van der Waals surface area contributed by atoms with Crippen LogP contribution in [0.1, 0.15) is 38.2 Å². The minimum Gasteiger partial charge on any atom is -0.348 e. The van der Waals surface area contributed by atoms with Crippen LogP contribution in [-0.2, 0) is 20.9 Å². The second-order valence-corrected chi connectivity index (χ2v) is 6.93. The average Bonchev–Trinajstić information content (AvgIpc) is 3.34. The first kappa shape index (κ1) is 20.5. The van der Waals surface area contributed by atoms with Gasteiger partial charge in [-0.1, -0.05) is 6.92 Å². The molecule has 11 heteroatoms. The van der Waals surface area contributed by atoms with Crippen molar-refractivity contribution in [3.63, 3.8) is 0 Å². The molecule has 0 spiro atoms. The maximum absolute atomic E-state index is 12.3. The number of carbonyl (C=O) groups is 3. The highest BCUT2D eigenvalue weighted by Crippen LogP contribution is 2.18. The van der Waals surface area contributed by atoms with E-state index >= 15 is 0 Å². The summed E-state index contributed by atoms with van der Waals surface area (Å²) in [5.74, 6) is -1.28. The molecule has 2 unspecified atom stereocenters. The number of imidazole rings is 1. The molecule has 3 rings (SSSR count). The van der Waals surface area contributed by atoms with E-state index in [4.69, 9.17) is 0 Å². The van der Waals surface area contributed by atoms with Gasteiger partial charge in [0, 0.05) is 44.0 Å². The quantitative estimate of drug-likeness (QED) is 0.377. The Morgan fingerprint density at radius 1 is 1.34 bits per heavy atom. The van der Waals surface area contributed by atoms with Crippen molar-refractivity contribution in [2.24, 2.45) is 0 Å². The second kappa shape index (κ2) is 9.32. The molecule has 2 aromatic rings. The van der Waals surface area contributed by atoms with E-state index in [1.165, 1.54) is 4.68 Å². The second-order valence-electron chi connectivity index (χ2n) is 6.93. The first-order valence-electron chi connectivity index (χ1n) is 9.62. The largest absolute Gasteiger partial charge is 0.348 e. The molecule has 156 valence electrons. The van der Waals surface area contributed by atoms with Gasteiger partial charge >= 0.3 is 11.8 Å². The Morgan fingerprint density at radius 2 is 2.17 bits per heavy atom. The summed E-state index contributed by atoms with van der Waals surface area (Å²) < 4.78 is 3.36. The highest BCUT2D eigenvalue weighted by atomic mass is 16.2. The Hall–Kier alpha value is -3.21. The molecule has 29 heavy (non-hydrogen) atoms. The van der Waals surface area contributed by atoms with Crippen LogP contribution in [0.25, 0.3) is 0 Å². The number of nitrogens with zero attached hydrogens (tertiary/aromatic N) is 4. The number of anilines is 1. The lowest BCUT2D eigenvalue weighted by Crippen LogP contribution is -2.53. The summed E-state index contributed by atoms with van der Waals surface area (Å²) in [7, 11) is 0. The summed E-state index contributed by atoms with van der Waals surface area (Å²) >= 11 is 0. The molecule has 0 aliphatic carbocycles. The van der Waals surface area contributed by atoms with Gasteiger partial charge in [-0.2, -0.15) is 5.10 Å². The van der Waals surface area contributed by atoms with Crippen LogP contribution >= 0.6 is 0 Å². The Bertz CT molecular complexity index is 861. The SMILES string of the molecule is CCC1CC(=O)NC(n2nc(C)cc2NC(=O)C(=O)NCCCn2ccnc2)N1. The number of rotatable bonds is 7. The number of aromatic nitrogens is 4. The molecule has 0 aromatic carbocycles. The molecule has 0 bridgehead atoms. The van der Waals surface area contributed by atoms with Gasteiger partial charge in [0.15, 0.2) is 6.29 Å². The van der Waals surface area contributed by atoms with Crippen molar-refractivity contribution in [1.29, 1.82) is 0 Å². The Kier molecular flexibility index (Phi) is 6.60. The molecule has 0 saturated carbocycles. The molecule has 1 fully saturated rings. The van der Waals surface area contributed by atoms with Gasteiger partial charge in [-0.25, -0.2) is 9.67 Å². The number of carbonyl (C=O) groups excluding carboxylic acids is 3. The lowest BCUT2D eigenvalue weighted by atomic mass is 10.1. The van der Waals surface area contributed by atoms with Gasteiger partial charge < -0.3 is 20.5 Å². The van der Waals surface area contributed by atoms with Crippen LogP contribution in [0.2, 0.25) is 0 Å². The van der Waals surface area contributed by atoms with Crippen LogP contribution in [0.15, 0.2) is 24.8 Å². The van der Waals surface area contributed by atoms with E-state index in [2.05, 4.69) is 31.3 Å². The average molecular weight is 402 g/mol. The predicted molar refractivity (Wildman–Crippen MR) is 104 cm³/mol. The summed E-state index contributed by atoms with van der Waals surface area (Å²) in [5, 5.41) is 15.6. The van der Waals surface area contributed by atoms with Crippen molar-refractivity contribution < 1.29 is 14.4 Å². The van der Waals surface area contributed by atoms with E-state index in [-0.39, 0.29) is 11.9 Å². The summed E-state index contributed by atoms with van der Waals surface area (Å²) in [6, 6.07) is 1.66. The summed E-state index contributed by atoms with van der Waals surface area (Å²) in [6.45, 7) is 4.81. The van der Waals surface area contributed by atoms with E-state index in [1.807, 2.05) is 17.7 Å². The van der Waals surface area contributed by atoms with Gasteiger partial charge in [0.2, 0.25) is 5.91 Å². The normalized spacial score (nSPS) is 18.9. The zero-order valence-corrected chi connectivity index (χ0v) is 16.5.